The molecule has 20 heavy (non-hydrogen) atoms. The predicted molar refractivity (Wildman–Crippen MR) is 94.5 cm³/mol. The largest absolute Gasteiger partial charge is 0.353 e. The summed E-state index contributed by atoms with van der Waals surface area (Å²) in [7, 11) is 0. The summed E-state index contributed by atoms with van der Waals surface area (Å²) >= 11 is 2.42. The maximum Gasteiger partial charge on any atom is 0.157 e. The highest BCUT2D eigenvalue weighted by Crippen LogP contribution is 2.14. The number of unbranched alkanes of at least 4 members (excludes halogenated alkanes) is 6. The minimum atomic E-state index is 0.0954. The van der Waals surface area contributed by atoms with Crippen LogP contribution in [0.5, 0.6) is 0 Å². The summed E-state index contributed by atoms with van der Waals surface area (Å²) in [6, 6.07) is 0. The fourth-order valence-corrected chi connectivity index (χ4v) is 2.79. The molecule has 0 saturated carbocycles. The third-order valence-corrected chi connectivity index (χ3v) is 4.27. The molecule has 1 unspecified atom stereocenters. The standard InChI is InChI=1S/C17H31IO2/c18-14-10-7-5-3-1-2-4-6-8-11-15-19-17-13-9-12-16-20-17/h5,7,17H,1-4,6,8-16H2/b7-5-. The van der Waals surface area contributed by atoms with Crippen LogP contribution in [0.2, 0.25) is 0 Å². The van der Waals surface area contributed by atoms with E-state index in [-0.39, 0.29) is 6.29 Å². The van der Waals surface area contributed by atoms with E-state index in [0.29, 0.717) is 0 Å². The predicted octanol–water partition coefficient (Wildman–Crippen LogP) is 5.64. The zero-order valence-corrected chi connectivity index (χ0v) is 15.0. The van der Waals surface area contributed by atoms with Crippen LogP contribution in [0.3, 0.4) is 0 Å². The summed E-state index contributed by atoms with van der Waals surface area (Å²) in [5.74, 6) is 0. The number of hydrogen-bond acceptors (Lipinski definition) is 2. The van der Waals surface area contributed by atoms with E-state index in [1.165, 1.54) is 68.6 Å². The molecule has 0 N–H and O–H groups in total. The lowest BCUT2D eigenvalue weighted by atomic mass is 10.1. The third kappa shape index (κ3) is 11.1. The van der Waals surface area contributed by atoms with E-state index in [4.69, 9.17) is 9.47 Å². The molecule has 0 aromatic heterocycles. The van der Waals surface area contributed by atoms with Crippen LogP contribution < -0.4 is 0 Å². The second kappa shape index (κ2) is 14.3. The Hall–Kier alpha value is 0.390. The first-order chi connectivity index (χ1) is 9.93. The smallest absolute Gasteiger partial charge is 0.157 e. The van der Waals surface area contributed by atoms with Crippen LogP contribution in [0, 0.1) is 0 Å². The van der Waals surface area contributed by atoms with Crippen LogP contribution >= 0.6 is 22.6 Å². The molecule has 2 nitrogen and oxygen atoms in total. The zero-order valence-electron chi connectivity index (χ0n) is 12.8. The topological polar surface area (TPSA) is 18.5 Å². The van der Waals surface area contributed by atoms with Gasteiger partial charge < -0.3 is 9.47 Å². The first-order valence-electron chi connectivity index (χ1n) is 8.37. The van der Waals surface area contributed by atoms with Crippen LogP contribution in [0.1, 0.15) is 70.6 Å². The second-order valence-electron chi connectivity index (χ2n) is 5.53. The second-order valence-corrected chi connectivity index (χ2v) is 6.60. The number of alkyl halides is 1. The van der Waals surface area contributed by atoms with Crippen molar-refractivity contribution in [2.24, 2.45) is 0 Å². The Balaban J connectivity index is 1.74. The van der Waals surface area contributed by atoms with E-state index >= 15 is 0 Å². The van der Waals surface area contributed by atoms with Crippen molar-refractivity contribution in [2.45, 2.75) is 76.9 Å². The highest BCUT2D eigenvalue weighted by molar-refractivity contribution is 14.1. The lowest BCUT2D eigenvalue weighted by molar-refractivity contribution is -0.162. The van der Waals surface area contributed by atoms with Crippen LogP contribution in [-0.4, -0.2) is 23.9 Å². The minimum absolute atomic E-state index is 0.0954. The lowest BCUT2D eigenvalue weighted by Crippen LogP contribution is -2.22. The van der Waals surface area contributed by atoms with Gasteiger partial charge in [-0.3, -0.25) is 0 Å². The average molecular weight is 394 g/mol. The molecule has 1 saturated heterocycles. The van der Waals surface area contributed by atoms with Gasteiger partial charge in [-0.1, -0.05) is 60.4 Å². The quantitative estimate of drug-likeness (QED) is 0.185. The molecule has 0 radical (unpaired) electrons. The summed E-state index contributed by atoms with van der Waals surface area (Å²) in [5.41, 5.74) is 0. The monoisotopic (exact) mass is 394 g/mol. The van der Waals surface area contributed by atoms with Crippen molar-refractivity contribution in [1.29, 1.82) is 0 Å². The number of allylic oxidation sites excluding steroid dienone is 2. The molecule has 3 heteroatoms. The number of hydrogen-bond donors (Lipinski definition) is 0. The van der Waals surface area contributed by atoms with Gasteiger partial charge in [0.1, 0.15) is 0 Å². The Kier molecular flexibility index (Phi) is 13.2. The van der Waals surface area contributed by atoms with Gasteiger partial charge in [-0.15, -0.1) is 0 Å². The van der Waals surface area contributed by atoms with E-state index in [9.17, 15) is 0 Å². The Morgan fingerprint density at radius 1 is 0.950 bits per heavy atom. The van der Waals surface area contributed by atoms with Gasteiger partial charge in [0, 0.05) is 17.6 Å². The Morgan fingerprint density at radius 2 is 1.70 bits per heavy atom. The molecule has 1 heterocycles. The fraction of sp³-hybridized carbons (Fsp3) is 0.882. The van der Waals surface area contributed by atoms with Gasteiger partial charge in [-0.2, -0.15) is 0 Å². The van der Waals surface area contributed by atoms with Crippen molar-refractivity contribution in [1.82, 2.24) is 0 Å². The van der Waals surface area contributed by atoms with Crippen molar-refractivity contribution in [3.05, 3.63) is 12.2 Å². The molecule has 0 spiro atoms. The van der Waals surface area contributed by atoms with E-state index in [1.807, 2.05) is 0 Å². The van der Waals surface area contributed by atoms with Crippen molar-refractivity contribution in [3.8, 4) is 0 Å². The number of rotatable bonds is 12. The maximum atomic E-state index is 5.73. The molecular formula is C17H31IO2. The molecular weight excluding hydrogens is 363 g/mol. The summed E-state index contributed by atoms with van der Waals surface area (Å²) in [6.07, 6.45) is 18.7. The summed E-state index contributed by atoms with van der Waals surface area (Å²) in [5, 5.41) is 0. The molecule has 1 fully saturated rings. The van der Waals surface area contributed by atoms with Gasteiger partial charge in [0.15, 0.2) is 6.29 Å². The summed E-state index contributed by atoms with van der Waals surface area (Å²) in [6.45, 7) is 1.76. The normalized spacial score (nSPS) is 19.8. The average Bonchev–Trinajstić information content (AvgIpc) is 2.49. The summed E-state index contributed by atoms with van der Waals surface area (Å²) < 4.78 is 12.5. The zero-order chi connectivity index (χ0) is 14.3. The van der Waals surface area contributed by atoms with Gasteiger partial charge in [-0.05, 0) is 44.9 Å². The molecule has 0 aromatic carbocycles. The molecule has 0 aliphatic carbocycles. The Bertz CT molecular complexity index is 225. The maximum absolute atomic E-state index is 5.73. The third-order valence-electron chi connectivity index (χ3n) is 3.65. The Morgan fingerprint density at radius 3 is 2.45 bits per heavy atom. The van der Waals surface area contributed by atoms with Gasteiger partial charge in [-0.25, -0.2) is 0 Å². The molecule has 0 amide bonds. The molecule has 118 valence electrons. The van der Waals surface area contributed by atoms with Crippen LogP contribution in [0.4, 0.5) is 0 Å². The van der Waals surface area contributed by atoms with E-state index in [1.54, 1.807) is 0 Å². The molecule has 1 rings (SSSR count). The van der Waals surface area contributed by atoms with Crippen LogP contribution in [0.25, 0.3) is 0 Å². The van der Waals surface area contributed by atoms with Crippen LogP contribution in [0.15, 0.2) is 12.2 Å². The SMILES string of the molecule is ICC/C=C\CCCCCCCCOC1CCCCO1. The molecule has 0 bridgehead atoms. The molecule has 1 aliphatic rings. The van der Waals surface area contributed by atoms with E-state index < -0.39 is 0 Å². The van der Waals surface area contributed by atoms with Gasteiger partial charge >= 0.3 is 0 Å². The lowest BCUT2D eigenvalue weighted by Gasteiger charge is -2.22. The Labute approximate surface area is 138 Å². The van der Waals surface area contributed by atoms with Crippen molar-refractivity contribution >= 4 is 22.6 Å². The minimum Gasteiger partial charge on any atom is -0.353 e. The van der Waals surface area contributed by atoms with E-state index in [2.05, 4.69) is 34.7 Å². The number of halogens is 1. The van der Waals surface area contributed by atoms with Gasteiger partial charge in [0.05, 0.1) is 0 Å². The van der Waals surface area contributed by atoms with Crippen molar-refractivity contribution in [2.75, 3.05) is 17.6 Å². The fourth-order valence-electron chi connectivity index (χ4n) is 2.43. The molecule has 1 atom stereocenters. The number of ether oxygens (including phenoxy) is 2. The first-order valence-corrected chi connectivity index (χ1v) is 9.90. The summed E-state index contributed by atoms with van der Waals surface area (Å²) in [4.78, 5) is 0. The first kappa shape index (κ1) is 18.4. The van der Waals surface area contributed by atoms with Crippen molar-refractivity contribution < 1.29 is 9.47 Å². The van der Waals surface area contributed by atoms with Crippen molar-refractivity contribution in [3.63, 3.8) is 0 Å². The van der Waals surface area contributed by atoms with Gasteiger partial charge in [0.2, 0.25) is 0 Å². The van der Waals surface area contributed by atoms with Gasteiger partial charge in [0.25, 0.3) is 0 Å². The van der Waals surface area contributed by atoms with E-state index in [0.717, 1.165) is 19.6 Å². The molecule has 1 aliphatic heterocycles. The highest BCUT2D eigenvalue weighted by atomic mass is 127. The van der Waals surface area contributed by atoms with Crippen LogP contribution in [-0.2, 0) is 9.47 Å². The highest BCUT2D eigenvalue weighted by Gasteiger charge is 2.13. The molecule has 0 aromatic rings.